The van der Waals surface area contributed by atoms with Crippen molar-refractivity contribution in [3.63, 3.8) is 0 Å². The zero-order chi connectivity index (χ0) is 18.6. The number of hydrogen-bond acceptors (Lipinski definition) is 2. The number of rotatable bonds is 4. The molecule has 0 amide bonds. The van der Waals surface area contributed by atoms with Crippen LogP contribution in [0.3, 0.4) is 0 Å². The van der Waals surface area contributed by atoms with Gasteiger partial charge < -0.3 is 0 Å². The second kappa shape index (κ2) is 7.55. The van der Waals surface area contributed by atoms with Gasteiger partial charge in [-0.15, -0.1) is 0 Å². The van der Waals surface area contributed by atoms with Crippen LogP contribution in [-0.2, 0) is 0 Å². The third kappa shape index (κ3) is 3.80. The molecular weight excluding hydrogens is 328 g/mol. The quantitative estimate of drug-likeness (QED) is 0.414. The molecule has 3 aromatic carbocycles. The van der Waals surface area contributed by atoms with Crippen LogP contribution in [0.5, 0.6) is 0 Å². The van der Waals surface area contributed by atoms with Gasteiger partial charge in [0.05, 0.1) is 11.4 Å². The van der Waals surface area contributed by atoms with Crippen LogP contribution in [0, 0.1) is 0 Å². The van der Waals surface area contributed by atoms with Crippen LogP contribution in [0.4, 0.5) is 0 Å². The van der Waals surface area contributed by atoms with Crippen molar-refractivity contribution < 1.29 is 0 Å². The number of hydrogen-bond donors (Lipinski definition) is 0. The van der Waals surface area contributed by atoms with Crippen LogP contribution in [0.2, 0.25) is 0 Å². The Morgan fingerprint density at radius 1 is 0.556 bits per heavy atom. The van der Waals surface area contributed by atoms with Gasteiger partial charge in [-0.3, -0.25) is 0 Å². The smallest absolute Gasteiger partial charge is 0.160 e. The van der Waals surface area contributed by atoms with Gasteiger partial charge in [-0.05, 0) is 17.5 Å². The molecule has 2 nitrogen and oxygen atoms in total. The molecule has 0 saturated carbocycles. The summed E-state index contributed by atoms with van der Waals surface area (Å²) in [5, 5.41) is 0. The summed E-state index contributed by atoms with van der Waals surface area (Å²) < 4.78 is 0. The zero-order valence-electron chi connectivity index (χ0n) is 15.6. The summed E-state index contributed by atoms with van der Waals surface area (Å²) >= 11 is 0. The van der Waals surface area contributed by atoms with Gasteiger partial charge in [0, 0.05) is 16.7 Å². The van der Waals surface area contributed by atoms with Crippen molar-refractivity contribution in [2.75, 3.05) is 0 Å². The Kier molecular flexibility index (Phi) is 4.80. The zero-order valence-corrected chi connectivity index (χ0v) is 15.6. The summed E-state index contributed by atoms with van der Waals surface area (Å²) in [6, 6.07) is 31.2. The minimum Gasteiger partial charge on any atom is -0.228 e. The lowest BCUT2D eigenvalue weighted by Crippen LogP contribution is -1.96. The van der Waals surface area contributed by atoms with E-state index in [1.807, 2.05) is 36.4 Å². The molecule has 0 fully saturated rings. The molecule has 0 bridgehead atoms. The van der Waals surface area contributed by atoms with E-state index in [9.17, 15) is 0 Å². The van der Waals surface area contributed by atoms with E-state index in [2.05, 4.69) is 68.4 Å². The normalized spacial score (nSPS) is 10.9. The average molecular weight is 350 g/mol. The summed E-state index contributed by atoms with van der Waals surface area (Å²) in [5.41, 5.74) is 6.44. The van der Waals surface area contributed by atoms with Gasteiger partial charge in [-0.1, -0.05) is 98.8 Å². The summed E-state index contributed by atoms with van der Waals surface area (Å²) in [6.45, 7) is 4.42. The fraction of sp³-hybridized carbons (Fsp3) is 0.120. The molecule has 2 heteroatoms. The van der Waals surface area contributed by atoms with Crippen LogP contribution in [-0.4, -0.2) is 9.97 Å². The predicted octanol–water partition coefficient (Wildman–Crippen LogP) is 6.60. The standard InChI is InChI=1S/C25H22N2/c1-18(2)19-13-15-21(16-14-19)24-17-23(20-9-5-3-6-10-20)26-25(27-24)22-11-7-4-8-12-22/h3-18H,1-2H3. The molecule has 0 saturated heterocycles. The minimum atomic E-state index is 0.518. The molecule has 0 N–H and O–H groups in total. The summed E-state index contributed by atoms with van der Waals surface area (Å²) in [4.78, 5) is 9.70. The summed E-state index contributed by atoms with van der Waals surface area (Å²) in [7, 11) is 0. The van der Waals surface area contributed by atoms with E-state index in [0.29, 0.717) is 5.92 Å². The maximum atomic E-state index is 4.86. The Hall–Kier alpha value is -3.26. The van der Waals surface area contributed by atoms with E-state index in [-0.39, 0.29) is 0 Å². The molecule has 4 rings (SSSR count). The van der Waals surface area contributed by atoms with Crippen LogP contribution < -0.4 is 0 Å². The van der Waals surface area contributed by atoms with Crippen molar-refractivity contribution in [1.29, 1.82) is 0 Å². The van der Waals surface area contributed by atoms with Crippen molar-refractivity contribution >= 4 is 0 Å². The van der Waals surface area contributed by atoms with Crippen molar-refractivity contribution in [1.82, 2.24) is 9.97 Å². The van der Waals surface area contributed by atoms with Crippen molar-refractivity contribution in [3.05, 3.63) is 96.6 Å². The molecular formula is C25H22N2. The Morgan fingerprint density at radius 3 is 1.56 bits per heavy atom. The summed E-state index contributed by atoms with van der Waals surface area (Å²) in [5.74, 6) is 1.27. The Morgan fingerprint density at radius 2 is 1.04 bits per heavy atom. The second-order valence-corrected chi connectivity index (χ2v) is 6.97. The van der Waals surface area contributed by atoms with Gasteiger partial charge >= 0.3 is 0 Å². The third-order valence-electron chi connectivity index (χ3n) is 4.70. The van der Waals surface area contributed by atoms with E-state index in [1.165, 1.54) is 5.56 Å². The van der Waals surface area contributed by atoms with Crippen LogP contribution in [0.1, 0.15) is 25.3 Å². The molecule has 1 aromatic heterocycles. The Bertz CT molecular complexity index is 963. The van der Waals surface area contributed by atoms with E-state index in [1.54, 1.807) is 0 Å². The molecule has 0 radical (unpaired) electrons. The highest BCUT2D eigenvalue weighted by Crippen LogP contribution is 2.28. The van der Waals surface area contributed by atoms with E-state index in [0.717, 1.165) is 33.9 Å². The fourth-order valence-electron chi connectivity index (χ4n) is 3.11. The van der Waals surface area contributed by atoms with E-state index < -0.39 is 0 Å². The highest BCUT2D eigenvalue weighted by molar-refractivity contribution is 5.71. The maximum Gasteiger partial charge on any atom is 0.160 e. The van der Waals surface area contributed by atoms with E-state index in [4.69, 9.17) is 9.97 Å². The molecule has 0 aliphatic heterocycles. The molecule has 0 spiro atoms. The summed E-state index contributed by atoms with van der Waals surface area (Å²) in [6.07, 6.45) is 0. The lowest BCUT2D eigenvalue weighted by atomic mass is 10.00. The largest absolute Gasteiger partial charge is 0.228 e. The molecule has 27 heavy (non-hydrogen) atoms. The maximum absolute atomic E-state index is 4.86. The number of nitrogens with zero attached hydrogens (tertiary/aromatic N) is 2. The first-order valence-corrected chi connectivity index (χ1v) is 9.31. The fourth-order valence-corrected chi connectivity index (χ4v) is 3.11. The Labute approximate surface area is 160 Å². The van der Waals surface area contributed by atoms with Crippen molar-refractivity contribution in [2.24, 2.45) is 0 Å². The van der Waals surface area contributed by atoms with Gasteiger partial charge in [-0.25, -0.2) is 9.97 Å². The van der Waals surface area contributed by atoms with E-state index >= 15 is 0 Å². The third-order valence-corrected chi connectivity index (χ3v) is 4.70. The average Bonchev–Trinajstić information content (AvgIpc) is 2.75. The molecule has 132 valence electrons. The highest BCUT2D eigenvalue weighted by Gasteiger charge is 2.10. The topological polar surface area (TPSA) is 25.8 Å². The van der Waals surface area contributed by atoms with Gasteiger partial charge in [0.2, 0.25) is 0 Å². The number of benzene rings is 3. The van der Waals surface area contributed by atoms with Gasteiger partial charge in [0.15, 0.2) is 5.82 Å². The van der Waals surface area contributed by atoms with Gasteiger partial charge in [0.1, 0.15) is 0 Å². The lowest BCUT2D eigenvalue weighted by Gasteiger charge is -2.10. The lowest BCUT2D eigenvalue weighted by molar-refractivity contribution is 0.867. The highest BCUT2D eigenvalue weighted by atomic mass is 14.9. The first kappa shape index (κ1) is 17.2. The Balaban J connectivity index is 1.85. The van der Waals surface area contributed by atoms with Crippen molar-refractivity contribution in [3.8, 4) is 33.9 Å². The second-order valence-electron chi connectivity index (χ2n) is 6.97. The van der Waals surface area contributed by atoms with Crippen LogP contribution >= 0.6 is 0 Å². The monoisotopic (exact) mass is 350 g/mol. The molecule has 1 heterocycles. The van der Waals surface area contributed by atoms with Crippen molar-refractivity contribution in [2.45, 2.75) is 19.8 Å². The minimum absolute atomic E-state index is 0.518. The van der Waals surface area contributed by atoms with Crippen LogP contribution in [0.15, 0.2) is 91.0 Å². The molecule has 4 aromatic rings. The van der Waals surface area contributed by atoms with Crippen LogP contribution in [0.25, 0.3) is 33.9 Å². The SMILES string of the molecule is CC(C)c1ccc(-c2cc(-c3ccccc3)nc(-c3ccccc3)n2)cc1. The van der Waals surface area contributed by atoms with Gasteiger partial charge in [0.25, 0.3) is 0 Å². The number of aromatic nitrogens is 2. The molecule has 0 aliphatic rings. The molecule has 0 unspecified atom stereocenters. The first-order valence-electron chi connectivity index (χ1n) is 9.31. The predicted molar refractivity (Wildman–Crippen MR) is 112 cm³/mol. The molecule has 0 atom stereocenters. The molecule has 0 aliphatic carbocycles. The van der Waals surface area contributed by atoms with Gasteiger partial charge in [-0.2, -0.15) is 0 Å². The first-order chi connectivity index (χ1) is 13.2.